The highest BCUT2D eigenvalue weighted by molar-refractivity contribution is 5.98. The lowest BCUT2D eigenvalue weighted by Crippen LogP contribution is -2.23. The number of amides is 1. The molecule has 40 heavy (non-hydrogen) atoms. The second-order valence-corrected chi connectivity index (χ2v) is 10.5. The van der Waals surface area contributed by atoms with Crippen LogP contribution in [0, 0.1) is 12.8 Å². The van der Waals surface area contributed by atoms with Crippen molar-refractivity contribution in [3.63, 3.8) is 0 Å². The summed E-state index contributed by atoms with van der Waals surface area (Å²) in [6.45, 7) is 14.7. The van der Waals surface area contributed by atoms with E-state index in [0.29, 0.717) is 5.82 Å². The number of anilines is 1. The van der Waals surface area contributed by atoms with Gasteiger partial charge in [-0.1, -0.05) is 58.0 Å². The minimum absolute atomic E-state index is 0. The van der Waals surface area contributed by atoms with E-state index in [4.69, 9.17) is 0 Å². The molecule has 1 unspecified atom stereocenters. The Kier molecular flexibility index (Phi) is 12.9. The molecule has 0 aliphatic heterocycles. The Hall–Kier alpha value is -3.62. The van der Waals surface area contributed by atoms with E-state index < -0.39 is 0 Å². The molecule has 5 N–H and O–H groups in total. The predicted octanol–water partition coefficient (Wildman–Crippen LogP) is 7.16. The van der Waals surface area contributed by atoms with Crippen molar-refractivity contribution >= 4 is 17.5 Å². The molecule has 220 valence electrons. The Balaban J connectivity index is 0.00000118. The molecule has 1 aliphatic rings. The number of rotatable bonds is 11. The number of aromatic amines is 1. The fourth-order valence-corrected chi connectivity index (χ4v) is 4.63. The van der Waals surface area contributed by atoms with Crippen molar-refractivity contribution in [1.29, 1.82) is 0 Å². The van der Waals surface area contributed by atoms with Crippen molar-refractivity contribution in [2.45, 2.75) is 66.2 Å². The minimum atomic E-state index is -0.189. The van der Waals surface area contributed by atoms with Crippen molar-refractivity contribution in [2.24, 2.45) is 5.92 Å². The van der Waals surface area contributed by atoms with E-state index in [9.17, 15) is 9.59 Å². The fourth-order valence-electron chi connectivity index (χ4n) is 4.63. The lowest BCUT2D eigenvalue weighted by Gasteiger charge is -2.19. The van der Waals surface area contributed by atoms with Gasteiger partial charge in [0.15, 0.2) is 0 Å². The van der Waals surface area contributed by atoms with Crippen LogP contribution < -0.4 is 11.5 Å². The highest BCUT2D eigenvalue weighted by atomic mass is 16.1. The lowest BCUT2D eigenvalue weighted by atomic mass is 9.84. The molecule has 1 aliphatic carbocycles. The van der Waals surface area contributed by atoms with Crippen LogP contribution in [0.5, 0.6) is 0 Å². The number of Topliss-reactive ketones (excluding diaryl/α,β-unsaturated/α-hetero) is 1. The molecule has 3 aromatic rings. The first-order valence-corrected chi connectivity index (χ1v) is 14.0. The fraction of sp³-hybridized carbons (Fsp3) is 0.438. The Bertz CT molecular complexity index is 1250. The summed E-state index contributed by atoms with van der Waals surface area (Å²) in [4.78, 5) is 30.7. The van der Waals surface area contributed by atoms with Gasteiger partial charge in [-0.25, -0.2) is 4.98 Å². The highest BCUT2D eigenvalue weighted by Crippen LogP contribution is 2.38. The molecule has 2 aromatic heterocycles. The summed E-state index contributed by atoms with van der Waals surface area (Å²) >= 11 is 0. The lowest BCUT2D eigenvalue weighted by molar-refractivity contribution is -0.119. The van der Waals surface area contributed by atoms with Crippen LogP contribution >= 0.6 is 0 Å². The second-order valence-electron chi connectivity index (χ2n) is 10.5. The third-order valence-corrected chi connectivity index (χ3v) is 6.95. The summed E-state index contributed by atoms with van der Waals surface area (Å²) in [7, 11) is 0. The van der Waals surface area contributed by atoms with Gasteiger partial charge >= 0.3 is 0 Å². The molecule has 1 aromatic carbocycles. The average molecular weight is 551 g/mol. The van der Waals surface area contributed by atoms with Gasteiger partial charge in [0.25, 0.3) is 0 Å². The first kappa shape index (κ1) is 32.6. The maximum atomic E-state index is 12.1. The molecule has 1 atom stereocenters. The zero-order valence-corrected chi connectivity index (χ0v) is 24.9. The van der Waals surface area contributed by atoms with Gasteiger partial charge in [-0.3, -0.25) is 14.7 Å². The Labute approximate surface area is 242 Å². The molecule has 1 saturated carbocycles. The smallest absolute Gasteiger partial charge is 0.249 e. The zero-order valence-electron chi connectivity index (χ0n) is 24.9. The standard InChI is InChI=1S/C25H33N3O2.C7H10N2.H3N.2H2/c1-6-28(7-2)15-9-12-24(30)27-23-14-13-22(17-26-23)20-10-8-11-21(16-20)25(18(3)4)19(5)29;1-5-4-7(9-8-5)6-2-3-6;;;/h8-14,16-18,25H,6-7,15H2,1-5H3,(H,26,27,30);4,6H,2-3H2,1H3,(H,8,9);1H3;2*1H/b12-9+;;;;. The number of benzene rings is 1. The molecule has 1 fully saturated rings. The maximum Gasteiger partial charge on any atom is 0.249 e. The van der Waals surface area contributed by atoms with Crippen molar-refractivity contribution in [2.75, 3.05) is 25.0 Å². The largest absolute Gasteiger partial charge is 0.344 e. The molecule has 1 amide bonds. The highest BCUT2D eigenvalue weighted by Gasteiger charge is 2.25. The van der Waals surface area contributed by atoms with Crippen LogP contribution in [-0.2, 0) is 9.59 Å². The Morgan fingerprint density at radius 3 is 2.38 bits per heavy atom. The third kappa shape index (κ3) is 9.84. The third-order valence-electron chi connectivity index (χ3n) is 6.95. The van der Waals surface area contributed by atoms with E-state index in [0.717, 1.165) is 42.2 Å². The monoisotopic (exact) mass is 550 g/mol. The minimum Gasteiger partial charge on any atom is -0.344 e. The van der Waals surface area contributed by atoms with Gasteiger partial charge in [-0.15, -0.1) is 0 Å². The molecular weight excluding hydrogens is 500 g/mol. The zero-order chi connectivity index (χ0) is 28.4. The Morgan fingerprint density at radius 1 is 1.12 bits per heavy atom. The van der Waals surface area contributed by atoms with E-state index >= 15 is 0 Å². The van der Waals surface area contributed by atoms with Gasteiger partial charge in [0, 0.05) is 44.8 Å². The van der Waals surface area contributed by atoms with Gasteiger partial charge in [-0.2, -0.15) is 5.10 Å². The molecule has 2 heterocycles. The van der Waals surface area contributed by atoms with Gasteiger partial charge in [0.2, 0.25) is 5.91 Å². The van der Waals surface area contributed by atoms with Crippen molar-refractivity contribution in [3.05, 3.63) is 77.8 Å². The van der Waals surface area contributed by atoms with Crippen molar-refractivity contribution in [1.82, 2.24) is 26.2 Å². The SMILES string of the molecule is CCN(CC)C/C=C/C(=O)Nc1ccc(-c2cccc(C(C(C)=O)C(C)C)c2)cn1.Cc1cc(C2CC2)n[nH]1.N.[HH].[HH]. The van der Waals surface area contributed by atoms with E-state index in [1.54, 1.807) is 25.3 Å². The number of carbonyl (C=O) groups is 2. The van der Waals surface area contributed by atoms with Crippen LogP contribution in [0.15, 0.2) is 60.8 Å². The molecule has 8 nitrogen and oxygen atoms in total. The number of aryl methyl sites for hydroxylation is 1. The number of ketones is 1. The second kappa shape index (κ2) is 15.8. The topological polar surface area (TPSA) is 126 Å². The molecule has 0 spiro atoms. The number of hydrogen-bond acceptors (Lipinski definition) is 6. The summed E-state index contributed by atoms with van der Waals surface area (Å²) in [5.41, 5.74) is 5.40. The van der Waals surface area contributed by atoms with E-state index in [-0.39, 0.29) is 32.5 Å². The van der Waals surface area contributed by atoms with Crippen LogP contribution in [0.3, 0.4) is 0 Å². The normalized spacial score (nSPS) is 13.5. The number of pyridine rings is 1. The Morgan fingerprint density at radius 2 is 1.85 bits per heavy atom. The first-order chi connectivity index (χ1) is 18.7. The predicted molar refractivity (Wildman–Crippen MR) is 168 cm³/mol. The molecule has 8 heteroatoms. The quantitative estimate of drug-likeness (QED) is 0.217. The number of likely N-dealkylation sites (N-methyl/N-ethyl adjacent to an activating group) is 1. The van der Waals surface area contributed by atoms with Gasteiger partial charge < -0.3 is 16.4 Å². The van der Waals surface area contributed by atoms with Crippen LogP contribution in [0.25, 0.3) is 11.1 Å². The molecule has 0 radical (unpaired) electrons. The van der Waals surface area contributed by atoms with Crippen molar-refractivity contribution in [3.8, 4) is 11.1 Å². The van der Waals surface area contributed by atoms with Crippen LogP contribution in [0.2, 0.25) is 0 Å². The summed E-state index contributed by atoms with van der Waals surface area (Å²) < 4.78 is 0. The van der Waals surface area contributed by atoms with E-state index in [2.05, 4.69) is 65.2 Å². The van der Waals surface area contributed by atoms with E-state index in [1.807, 2.05) is 37.3 Å². The number of H-pyrrole nitrogens is 1. The number of aromatic nitrogens is 3. The molecule has 0 bridgehead atoms. The number of nitrogens with one attached hydrogen (secondary N) is 2. The summed E-state index contributed by atoms with van der Waals surface area (Å²) in [5.74, 6) is 1.41. The maximum absolute atomic E-state index is 12.1. The summed E-state index contributed by atoms with van der Waals surface area (Å²) in [6.07, 6.45) is 7.83. The average Bonchev–Trinajstić information content (AvgIpc) is 3.67. The van der Waals surface area contributed by atoms with Crippen LogP contribution in [-0.4, -0.2) is 51.4 Å². The first-order valence-electron chi connectivity index (χ1n) is 14.0. The molecule has 4 rings (SSSR count). The van der Waals surface area contributed by atoms with Crippen molar-refractivity contribution < 1.29 is 12.4 Å². The van der Waals surface area contributed by atoms with Gasteiger partial charge in [0.1, 0.15) is 11.6 Å². The summed E-state index contributed by atoms with van der Waals surface area (Å²) in [6, 6.07) is 13.9. The molecular formula is C32H50N6O2. The van der Waals surface area contributed by atoms with E-state index in [1.165, 1.54) is 24.2 Å². The molecule has 0 saturated heterocycles. The number of carbonyl (C=O) groups excluding carboxylic acids is 2. The summed E-state index contributed by atoms with van der Waals surface area (Å²) in [5, 5.41) is 9.88. The number of hydrogen-bond donors (Lipinski definition) is 3. The van der Waals surface area contributed by atoms with Gasteiger partial charge in [0.05, 0.1) is 5.69 Å². The van der Waals surface area contributed by atoms with Crippen LogP contribution in [0.4, 0.5) is 5.82 Å². The van der Waals surface area contributed by atoms with Gasteiger partial charge in [-0.05, 0) is 75.0 Å². The number of nitrogens with zero attached hydrogens (tertiary/aromatic N) is 3. The van der Waals surface area contributed by atoms with Crippen LogP contribution in [0.1, 0.15) is 79.1 Å².